The lowest BCUT2D eigenvalue weighted by Crippen LogP contribution is -2.20. The fourth-order valence-electron chi connectivity index (χ4n) is 2.21. The standard InChI is InChI=1S/C11H22O/c1-2-11(12)10-8-6-4-3-5-7-9-10/h10-12H,2-9H2,1H3/t11-/m0/s1. The molecule has 0 heterocycles. The Labute approximate surface area is 76.2 Å². The van der Waals surface area contributed by atoms with Gasteiger partial charge in [0.05, 0.1) is 6.10 Å². The van der Waals surface area contributed by atoms with Gasteiger partial charge in [0.1, 0.15) is 0 Å². The third-order valence-electron chi connectivity index (χ3n) is 3.11. The predicted molar refractivity (Wildman–Crippen MR) is 52.1 cm³/mol. The van der Waals surface area contributed by atoms with Crippen LogP contribution < -0.4 is 0 Å². The molecule has 1 N–H and O–H groups in total. The Morgan fingerprint density at radius 1 is 1.08 bits per heavy atom. The summed E-state index contributed by atoms with van der Waals surface area (Å²) in [6, 6.07) is 0. The maximum absolute atomic E-state index is 9.70. The smallest absolute Gasteiger partial charge is 0.0565 e. The molecule has 0 amide bonds. The quantitative estimate of drug-likeness (QED) is 0.675. The van der Waals surface area contributed by atoms with Crippen LogP contribution in [-0.2, 0) is 0 Å². The van der Waals surface area contributed by atoms with Gasteiger partial charge in [-0.1, -0.05) is 39.0 Å². The number of hydrogen-bond acceptors (Lipinski definition) is 1. The van der Waals surface area contributed by atoms with Crippen molar-refractivity contribution in [2.45, 2.75) is 64.4 Å². The van der Waals surface area contributed by atoms with E-state index in [0.717, 1.165) is 6.42 Å². The minimum absolute atomic E-state index is 0.0249. The van der Waals surface area contributed by atoms with Crippen LogP contribution in [0.15, 0.2) is 0 Å². The molecule has 1 heteroatoms. The maximum Gasteiger partial charge on any atom is 0.0565 e. The van der Waals surface area contributed by atoms with Gasteiger partial charge < -0.3 is 5.11 Å². The van der Waals surface area contributed by atoms with Crippen LogP contribution in [0.25, 0.3) is 0 Å². The van der Waals surface area contributed by atoms with E-state index >= 15 is 0 Å². The third kappa shape index (κ3) is 3.14. The summed E-state index contributed by atoms with van der Waals surface area (Å²) in [5.41, 5.74) is 0. The molecule has 0 aromatic heterocycles. The molecule has 0 aromatic rings. The Bertz CT molecular complexity index is 104. The van der Waals surface area contributed by atoms with Crippen molar-refractivity contribution in [1.29, 1.82) is 0 Å². The Hall–Kier alpha value is -0.0400. The molecule has 1 nitrogen and oxygen atoms in total. The van der Waals surface area contributed by atoms with Crippen LogP contribution in [0.5, 0.6) is 0 Å². The Kier molecular flexibility index (Phi) is 4.67. The molecule has 0 bridgehead atoms. The first-order valence-corrected chi connectivity index (χ1v) is 5.52. The van der Waals surface area contributed by atoms with E-state index in [1.807, 2.05) is 0 Å². The predicted octanol–water partition coefficient (Wildman–Crippen LogP) is 3.12. The van der Waals surface area contributed by atoms with Crippen molar-refractivity contribution >= 4 is 0 Å². The minimum atomic E-state index is -0.0249. The molecule has 12 heavy (non-hydrogen) atoms. The van der Waals surface area contributed by atoms with Gasteiger partial charge in [0.25, 0.3) is 0 Å². The van der Waals surface area contributed by atoms with Crippen LogP contribution in [0.4, 0.5) is 0 Å². The highest BCUT2D eigenvalue weighted by molar-refractivity contribution is 4.69. The highest BCUT2D eigenvalue weighted by Crippen LogP contribution is 2.25. The highest BCUT2D eigenvalue weighted by atomic mass is 16.3. The van der Waals surface area contributed by atoms with Crippen LogP contribution in [-0.4, -0.2) is 11.2 Å². The first-order chi connectivity index (χ1) is 5.84. The average molecular weight is 170 g/mol. The molecule has 0 saturated heterocycles. The summed E-state index contributed by atoms with van der Waals surface area (Å²) in [6.45, 7) is 2.09. The van der Waals surface area contributed by atoms with Crippen molar-refractivity contribution in [2.24, 2.45) is 5.92 Å². The molecule has 1 saturated carbocycles. The normalized spacial score (nSPS) is 24.5. The van der Waals surface area contributed by atoms with Crippen molar-refractivity contribution in [1.82, 2.24) is 0 Å². The second kappa shape index (κ2) is 5.58. The summed E-state index contributed by atoms with van der Waals surface area (Å²) in [5, 5.41) is 9.70. The van der Waals surface area contributed by atoms with Gasteiger partial charge in [-0.3, -0.25) is 0 Å². The van der Waals surface area contributed by atoms with Crippen LogP contribution >= 0.6 is 0 Å². The summed E-state index contributed by atoms with van der Waals surface area (Å²) in [5.74, 6) is 0.607. The van der Waals surface area contributed by atoms with Crippen molar-refractivity contribution in [3.8, 4) is 0 Å². The Morgan fingerprint density at radius 2 is 1.58 bits per heavy atom. The lowest BCUT2D eigenvalue weighted by molar-refractivity contribution is 0.0877. The van der Waals surface area contributed by atoms with E-state index in [1.165, 1.54) is 44.9 Å². The Morgan fingerprint density at radius 3 is 2.08 bits per heavy atom. The van der Waals surface area contributed by atoms with E-state index < -0.39 is 0 Å². The molecule has 1 rings (SSSR count). The lowest BCUT2D eigenvalue weighted by Gasteiger charge is -2.23. The van der Waals surface area contributed by atoms with Gasteiger partial charge in [0.2, 0.25) is 0 Å². The van der Waals surface area contributed by atoms with Gasteiger partial charge in [-0.2, -0.15) is 0 Å². The van der Waals surface area contributed by atoms with Gasteiger partial charge in [-0.05, 0) is 25.2 Å². The number of aliphatic hydroxyl groups excluding tert-OH is 1. The largest absolute Gasteiger partial charge is 0.393 e. The average Bonchev–Trinajstić information content (AvgIpc) is 2.02. The monoisotopic (exact) mass is 170 g/mol. The third-order valence-corrected chi connectivity index (χ3v) is 3.11. The van der Waals surface area contributed by atoms with Crippen LogP contribution in [0.2, 0.25) is 0 Å². The SMILES string of the molecule is CC[C@H](O)C1CCCCCCC1. The molecule has 1 atom stereocenters. The van der Waals surface area contributed by atoms with Gasteiger partial charge in [-0.25, -0.2) is 0 Å². The van der Waals surface area contributed by atoms with Crippen LogP contribution in [0.3, 0.4) is 0 Å². The van der Waals surface area contributed by atoms with E-state index in [0.29, 0.717) is 5.92 Å². The van der Waals surface area contributed by atoms with E-state index in [2.05, 4.69) is 6.92 Å². The molecule has 0 spiro atoms. The van der Waals surface area contributed by atoms with Crippen molar-refractivity contribution < 1.29 is 5.11 Å². The fraction of sp³-hybridized carbons (Fsp3) is 1.00. The fourth-order valence-corrected chi connectivity index (χ4v) is 2.21. The number of rotatable bonds is 2. The second-order valence-electron chi connectivity index (χ2n) is 4.08. The van der Waals surface area contributed by atoms with E-state index in [1.54, 1.807) is 0 Å². The molecule has 1 aliphatic rings. The second-order valence-corrected chi connectivity index (χ2v) is 4.08. The molecule has 0 aromatic carbocycles. The summed E-state index contributed by atoms with van der Waals surface area (Å²) >= 11 is 0. The molecule has 1 fully saturated rings. The maximum atomic E-state index is 9.70. The van der Waals surface area contributed by atoms with Crippen molar-refractivity contribution in [3.05, 3.63) is 0 Å². The molecule has 1 aliphatic carbocycles. The van der Waals surface area contributed by atoms with Gasteiger partial charge in [-0.15, -0.1) is 0 Å². The number of aliphatic hydroxyl groups is 1. The van der Waals surface area contributed by atoms with E-state index in [9.17, 15) is 5.11 Å². The zero-order valence-electron chi connectivity index (χ0n) is 8.26. The van der Waals surface area contributed by atoms with Gasteiger partial charge in [0.15, 0.2) is 0 Å². The van der Waals surface area contributed by atoms with Gasteiger partial charge >= 0.3 is 0 Å². The topological polar surface area (TPSA) is 20.2 Å². The molecule has 72 valence electrons. The minimum Gasteiger partial charge on any atom is -0.393 e. The summed E-state index contributed by atoms with van der Waals surface area (Å²) < 4.78 is 0. The number of hydrogen-bond donors (Lipinski definition) is 1. The molecule has 0 aliphatic heterocycles. The molecule has 0 unspecified atom stereocenters. The zero-order chi connectivity index (χ0) is 8.81. The molecule has 0 radical (unpaired) electrons. The molecular weight excluding hydrogens is 148 g/mol. The highest BCUT2D eigenvalue weighted by Gasteiger charge is 2.17. The summed E-state index contributed by atoms with van der Waals surface area (Å²) in [4.78, 5) is 0. The van der Waals surface area contributed by atoms with E-state index in [-0.39, 0.29) is 6.10 Å². The first-order valence-electron chi connectivity index (χ1n) is 5.52. The van der Waals surface area contributed by atoms with Gasteiger partial charge in [0, 0.05) is 0 Å². The van der Waals surface area contributed by atoms with Crippen molar-refractivity contribution in [2.75, 3.05) is 0 Å². The summed E-state index contributed by atoms with van der Waals surface area (Å²) in [6.07, 6.45) is 10.3. The Balaban J connectivity index is 2.29. The zero-order valence-corrected chi connectivity index (χ0v) is 8.26. The lowest BCUT2D eigenvalue weighted by atomic mass is 9.86. The first kappa shape index (κ1) is 10.0. The summed E-state index contributed by atoms with van der Waals surface area (Å²) in [7, 11) is 0. The van der Waals surface area contributed by atoms with Crippen LogP contribution in [0, 0.1) is 5.92 Å². The van der Waals surface area contributed by atoms with E-state index in [4.69, 9.17) is 0 Å². The van der Waals surface area contributed by atoms with Crippen molar-refractivity contribution in [3.63, 3.8) is 0 Å². The van der Waals surface area contributed by atoms with Crippen LogP contribution in [0.1, 0.15) is 58.3 Å². The molecular formula is C11H22O.